The first-order valence-corrected chi connectivity index (χ1v) is 6.24. The highest BCUT2D eigenvalue weighted by Crippen LogP contribution is 2.17. The number of Topliss-reactive ketones (excluding diaryl/α,β-unsaturated/α-hetero) is 1. The van der Waals surface area contributed by atoms with Gasteiger partial charge in [0.25, 0.3) is 0 Å². The van der Waals surface area contributed by atoms with Crippen molar-refractivity contribution in [2.24, 2.45) is 0 Å². The predicted octanol–water partition coefficient (Wildman–Crippen LogP) is 2.78. The molecule has 0 aliphatic heterocycles. The molecular weight excluding hydrogens is 254 g/mol. The zero-order valence-electron chi connectivity index (χ0n) is 11.1. The third kappa shape index (κ3) is 3.45. The fraction of sp³-hybridized carbons (Fsp3) is 0.125. The number of benzene rings is 2. The van der Waals surface area contributed by atoms with Crippen LogP contribution in [0.2, 0.25) is 0 Å². The maximum atomic E-state index is 12.0. The Labute approximate surface area is 117 Å². The summed E-state index contributed by atoms with van der Waals surface area (Å²) >= 11 is 0. The number of carbonyl (C=O) groups is 2. The van der Waals surface area contributed by atoms with Gasteiger partial charge in [-0.05, 0) is 36.8 Å². The van der Waals surface area contributed by atoms with Crippen molar-refractivity contribution in [2.75, 3.05) is 5.32 Å². The molecule has 0 radical (unpaired) electrons. The van der Waals surface area contributed by atoms with Crippen molar-refractivity contribution < 1.29 is 14.7 Å². The molecule has 2 aromatic rings. The quantitative estimate of drug-likeness (QED) is 0.839. The van der Waals surface area contributed by atoms with Crippen molar-refractivity contribution in [3.63, 3.8) is 0 Å². The van der Waals surface area contributed by atoms with Gasteiger partial charge in [0.15, 0.2) is 5.78 Å². The summed E-state index contributed by atoms with van der Waals surface area (Å²) in [6.45, 7) is 1.46. The molecule has 102 valence electrons. The minimum atomic E-state index is -0.232. The van der Waals surface area contributed by atoms with E-state index >= 15 is 0 Å². The highest BCUT2D eigenvalue weighted by atomic mass is 16.3. The SMILES string of the molecule is CC(=O)c1ccccc1NC(=O)Cc1cccc(O)c1. The molecule has 0 unspecified atom stereocenters. The third-order valence-corrected chi connectivity index (χ3v) is 2.86. The van der Waals surface area contributed by atoms with Crippen LogP contribution in [-0.4, -0.2) is 16.8 Å². The molecule has 20 heavy (non-hydrogen) atoms. The van der Waals surface area contributed by atoms with Crippen LogP contribution in [0, 0.1) is 0 Å². The van der Waals surface area contributed by atoms with E-state index in [0.29, 0.717) is 16.8 Å². The molecule has 0 aliphatic rings. The maximum Gasteiger partial charge on any atom is 0.228 e. The lowest BCUT2D eigenvalue weighted by Gasteiger charge is -2.09. The topological polar surface area (TPSA) is 66.4 Å². The summed E-state index contributed by atoms with van der Waals surface area (Å²) in [6.07, 6.45) is 0.140. The first-order valence-electron chi connectivity index (χ1n) is 6.24. The van der Waals surface area contributed by atoms with Gasteiger partial charge in [-0.15, -0.1) is 0 Å². The van der Waals surface area contributed by atoms with E-state index < -0.39 is 0 Å². The lowest BCUT2D eigenvalue weighted by atomic mass is 10.1. The Morgan fingerprint density at radius 1 is 1.10 bits per heavy atom. The van der Waals surface area contributed by atoms with Crippen LogP contribution in [0.3, 0.4) is 0 Å². The van der Waals surface area contributed by atoms with E-state index in [-0.39, 0.29) is 23.9 Å². The maximum absolute atomic E-state index is 12.0. The molecule has 4 nitrogen and oxygen atoms in total. The van der Waals surface area contributed by atoms with Crippen molar-refractivity contribution in [3.05, 3.63) is 59.7 Å². The van der Waals surface area contributed by atoms with Crippen LogP contribution in [0.15, 0.2) is 48.5 Å². The summed E-state index contributed by atoms with van der Waals surface area (Å²) in [5, 5.41) is 12.1. The predicted molar refractivity (Wildman–Crippen MR) is 76.9 cm³/mol. The van der Waals surface area contributed by atoms with Gasteiger partial charge in [0.1, 0.15) is 5.75 Å². The number of hydrogen-bond donors (Lipinski definition) is 2. The molecule has 4 heteroatoms. The molecule has 0 fully saturated rings. The molecule has 0 saturated carbocycles. The van der Waals surface area contributed by atoms with E-state index in [0.717, 1.165) is 0 Å². The van der Waals surface area contributed by atoms with Crippen molar-refractivity contribution in [3.8, 4) is 5.75 Å². The van der Waals surface area contributed by atoms with Crippen LogP contribution < -0.4 is 5.32 Å². The van der Waals surface area contributed by atoms with Crippen LogP contribution in [0.4, 0.5) is 5.69 Å². The van der Waals surface area contributed by atoms with Crippen LogP contribution in [0.5, 0.6) is 5.75 Å². The second-order valence-corrected chi connectivity index (χ2v) is 4.50. The smallest absolute Gasteiger partial charge is 0.228 e. The van der Waals surface area contributed by atoms with Crippen molar-refractivity contribution >= 4 is 17.4 Å². The van der Waals surface area contributed by atoms with Crippen LogP contribution in [0.1, 0.15) is 22.8 Å². The number of phenols is 1. The minimum absolute atomic E-state index is 0.0988. The number of anilines is 1. The normalized spacial score (nSPS) is 10.1. The van der Waals surface area contributed by atoms with E-state index in [1.165, 1.54) is 13.0 Å². The number of ketones is 1. The van der Waals surface area contributed by atoms with E-state index in [2.05, 4.69) is 5.32 Å². The van der Waals surface area contributed by atoms with Gasteiger partial charge in [-0.1, -0.05) is 24.3 Å². The molecule has 0 aromatic heterocycles. The summed E-state index contributed by atoms with van der Waals surface area (Å²) in [6, 6.07) is 13.4. The van der Waals surface area contributed by atoms with Gasteiger partial charge >= 0.3 is 0 Å². The van der Waals surface area contributed by atoms with Gasteiger partial charge in [0.2, 0.25) is 5.91 Å². The Kier molecular flexibility index (Phi) is 4.15. The van der Waals surface area contributed by atoms with E-state index in [1.807, 2.05) is 0 Å². The van der Waals surface area contributed by atoms with Gasteiger partial charge in [-0.25, -0.2) is 0 Å². The monoisotopic (exact) mass is 269 g/mol. The fourth-order valence-electron chi connectivity index (χ4n) is 1.95. The molecule has 1 amide bonds. The van der Waals surface area contributed by atoms with Crippen LogP contribution >= 0.6 is 0 Å². The molecule has 2 aromatic carbocycles. The van der Waals surface area contributed by atoms with Crippen molar-refractivity contribution in [1.29, 1.82) is 0 Å². The van der Waals surface area contributed by atoms with Gasteiger partial charge in [0, 0.05) is 5.56 Å². The molecule has 0 saturated heterocycles. The third-order valence-electron chi connectivity index (χ3n) is 2.86. The number of carbonyl (C=O) groups excluding carboxylic acids is 2. The van der Waals surface area contributed by atoms with Gasteiger partial charge in [-0.3, -0.25) is 9.59 Å². The highest BCUT2D eigenvalue weighted by molar-refractivity contribution is 6.04. The lowest BCUT2D eigenvalue weighted by Crippen LogP contribution is -2.16. The summed E-state index contributed by atoms with van der Waals surface area (Å²) in [5.74, 6) is -0.206. The highest BCUT2D eigenvalue weighted by Gasteiger charge is 2.10. The Morgan fingerprint density at radius 2 is 1.85 bits per heavy atom. The standard InChI is InChI=1S/C16H15NO3/c1-11(18)14-7-2-3-8-15(14)17-16(20)10-12-5-4-6-13(19)9-12/h2-9,19H,10H2,1H3,(H,17,20). The number of rotatable bonds is 4. The number of hydrogen-bond acceptors (Lipinski definition) is 3. The fourth-order valence-corrected chi connectivity index (χ4v) is 1.95. The van der Waals surface area contributed by atoms with Crippen molar-refractivity contribution in [2.45, 2.75) is 13.3 Å². The average molecular weight is 269 g/mol. The molecule has 0 spiro atoms. The summed E-state index contributed by atoms with van der Waals surface area (Å²) in [4.78, 5) is 23.4. The van der Waals surface area contributed by atoms with Crippen LogP contribution in [-0.2, 0) is 11.2 Å². The summed E-state index contributed by atoms with van der Waals surface area (Å²) in [7, 11) is 0. The Bertz CT molecular complexity index is 650. The number of amides is 1. The van der Waals surface area contributed by atoms with Crippen molar-refractivity contribution in [1.82, 2.24) is 0 Å². The molecule has 0 aliphatic carbocycles. The van der Waals surface area contributed by atoms with E-state index in [4.69, 9.17) is 0 Å². The zero-order chi connectivity index (χ0) is 14.5. The Hall–Kier alpha value is -2.62. The summed E-state index contributed by atoms with van der Waals surface area (Å²) < 4.78 is 0. The zero-order valence-corrected chi connectivity index (χ0v) is 11.1. The number of para-hydroxylation sites is 1. The molecule has 0 heterocycles. The molecule has 0 atom stereocenters. The van der Waals surface area contributed by atoms with Gasteiger partial charge < -0.3 is 10.4 Å². The Balaban J connectivity index is 2.11. The molecular formula is C16H15NO3. The van der Waals surface area contributed by atoms with E-state index in [1.54, 1.807) is 42.5 Å². The molecule has 2 rings (SSSR count). The first-order chi connectivity index (χ1) is 9.56. The minimum Gasteiger partial charge on any atom is -0.508 e. The number of nitrogens with one attached hydrogen (secondary N) is 1. The summed E-state index contributed by atoms with van der Waals surface area (Å²) in [5.41, 5.74) is 1.70. The Morgan fingerprint density at radius 3 is 2.55 bits per heavy atom. The van der Waals surface area contributed by atoms with Crippen LogP contribution in [0.25, 0.3) is 0 Å². The lowest BCUT2D eigenvalue weighted by molar-refractivity contribution is -0.115. The number of phenolic OH excluding ortho intramolecular Hbond substituents is 1. The first kappa shape index (κ1) is 13.8. The van der Waals surface area contributed by atoms with Gasteiger partial charge in [0.05, 0.1) is 12.1 Å². The number of aromatic hydroxyl groups is 1. The average Bonchev–Trinajstić information content (AvgIpc) is 2.38. The van der Waals surface area contributed by atoms with E-state index in [9.17, 15) is 14.7 Å². The van der Waals surface area contributed by atoms with Gasteiger partial charge in [-0.2, -0.15) is 0 Å². The molecule has 0 bridgehead atoms. The second kappa shape index (κ2) is 6.02. The largest absolute Gasteiger partial charge is 0.508 e. The molecule has 2 N–H and O–H groups in total. The second-order valence-electron chi connectivity index (χ2n) is 4.50.